The zero-order valence-electron chi connectivity index (χ0n) is 14.4. The molecule has 3 rings (SSSR count). The fourth-order valence-corrected chi connectivity index (χ4v) is 4.81. The third-order valence-corrected chi connectivity index (χ3v) is 6.63. The summed E-state index contributed by atoms with van der Waals surface area (Å²) in [7, 11) is -4.02. The lowest BCUT2D eigenvalue weighted by Crippen LogP contribution is -2.29. The number of nitrogens with zero attached hydrogens (tertiary/aromatic N) is 2. The van der Waals surface area contributed by atoms with Crippen molar-refractivity contribution in [1.29, 1.82) is 0 Å². The van der Waals surface area contributed by atoms with Crippen LogP contribution in [0, 0.1) is 5.82 Å². The lowest BCUT2D eigenvalue weighted by molar-refractivity contribution is -0.121. The van der Waals surface area contributed by atoms with E-state index < -0.39 is 21.7 Å². The summed E-state index contributed by atoms with van der Waals surface area (Å²) in [6.45, 7) is 3.67. The van der Waals surface area contributed by atoms with Crippen LogP contribution in [0.3, 0.4) is 0 Å². The molecular weight excluding hydrogens is 467 g/mol. The van der Waals surface area contributed by atoms with E-state index in [1.165, 1.54) is 41.3 Å². The molecule has 0 radical (unpaired) electrons. The molecule has 144 valence electrons. The SMILES string of the molecule is C=CCN1C(=O)/C(=C/c2ccccc2F)S/C1=N/S(=O)(=O)c1ccc(Br)cc1. The van der Waals surface area contributed by atoms with Crippen LogP contribution in [0.4, 0.5) is 4.39 Å². The number of sulfonamides is 1. The summed E-state index contributed by atoms with van der Waals surface area (Å²) in [6.07, 6.45) is 2.85. The molecule has 1 aliphatic rings. The van der Waals surface area contributed by atoms with Crippen molar-refractivity contribution in [2.24, 2.45) is 4.40 Å². The summed E-state index contributed by atoms with van der Waals surface area (Å²) in [5.41, 5.74) is 0.230. The number of hydrogen-bond acceptors (Lipinski definition) is 4. The van der Waals surface area contributed by atoms with Crippen LogP contribution >= 0.6 is 27.7 Å². The predicted molar refractivity (Wildman–Crippen MR) is 113 cm³/mol. The lowest BCUT2D eigenvalue weighted by atomic mass is 10.2. The monoisotopic (exact) mass is 480 g/mol. The number of carbonyl (C=O) groups is 1. The minimum atomic E-state index is -4.02. The average molecular weight is 481 g/mol. The Morgan fingerprint density at radius 3 is 2.50 bits per heavy atom. The van der Waals surface area contributed by atoms with Crippen molar-refractivity contribution in [1.82, 2.24) is 4.90 Å². The van der Waals surface area contributed by atoms with Gasteiger partial charge in [-0.15, -0.1) is 11.0 Å². The van der Waals surface area contributed by atoms with Crippen LogP contribution in [-0.4, -0.2) is 30.9 Å². The van der Waals surface area contributed by atoms with E-state index in [4.69, 9.17) is 0 Å². The van der Waals surface area contributed by atoms with Gasteiger partial charge in [-0.3, -0.25) is 9.69 Å². The van der Waals surface area contributed by atoms with Gasteiger partial charge < -0.3 is 0 Å². The van der Waals surface area contributed by atoms with Crippen molar-refractivity contribution in [3.8, 4) is 0 Å². The molecule has 1 heterocycles. The van der Waals surface area contributed by atoms with E-state index in [2.05, 4.69) is 26.9 Å². The van der Waals surface area contributed by atoms with Crippen molar-refractivity contribution < 1.29 is 17.6 Å². The number of benzene rings is 2. The number of rotatable bonds is 5. The van der Waals surface area contributed by atoms with Crippen LogP contribution in [0.25, 0.3) is 6.08 Å². The van der Waals surface area contributed by atoms with Gasteiger partial charge in [-0.25, -0.2) is 4.39 Å². The number of carbonyl (C=O) groups excluding carboxylic acids is 1. The molecule has 0 bridgehead atoms. The fourth-order valence-electron chi connectivity index (χ4n) is 2.36. The summed E-state index contributed by atoms with van der Waals surface area (Å²) in [4.78, 5) is 14.0. The first-order valence-electron chi connectivity index (χ1n) is 7.99. The largest absolute Gasteiger partial charge is 0.284 e. The summed E-state index contributed by atoms with van der Waals surface area (Å²) in [5.74, 6) is -0.940. The molecule has 2 aromatic rings. The Hall–Kier alpha value is -2.23. The summed E-state index contributed by atoms with van der Waals surface area (Å²) >= 11 is 4.13. The van der Waals surface area contributed by atoms with Crippen molar-refractivity contribution >= 4 is 54.9 Å². The maximum absolute atomic E-state index is 13.9. The number of hydrogen-bond donors (Lipinski definition) is 0. The third-order valence-electron chi connectivity index (χ3n) is 3.70. The van der Waals surface area contributed by atoms with Gasteiger partial charge in [0.2, 0.25) is 0 Å². The molecule has 0 saturated carbocycles. The second kappa shape index (κ2) is 8.42. The zero-order chi connectivity index (χ0) is 20.3. The number of halogens is 2. The standard InChI is InChI=1S/C19H14BrFN2O3S2/c1-2-11-23-18(24)17(12-13-5-3-4-6-16(13)21)27-19(23)22-28(25,26)15-9-7-14(20)8-10-15/h2-10,12H,1,11H2/b17-12-,22-19+. The fraction of sp³-hybridized carbons (Fsp3) is 0.0526. The van der Waals surface area contributed by atoms with Crippen LogP contribution in [-0.2, 0) is 14.8 Å². The summed E-state index contributed by atoms with van der Waals surface area (Å²) in [6, 6.07) is 12.0. The van der Waals surface area contributed by atoms with E-state index in [9.17, 15) is 17.6 Å². The quantitative estimate of drug-likeness (QED) is 0.468. The molecule has 0 aromatic heterocycles. The Labute approximate surface area is 174 Å². The molecule has 0 N–H and O–H groups in total. The molecule has 9 heteroatoms. The maximum Gasteiger partial charge on any atom is 0.284 e. The van der Waals surface area contributed by atoms with Crippen LogP contribution in [0.2, 0.25) is 0 Å². The molecule has 1 saturated heterocycles. The van der Waals surface area contributed by atoms with Crippen molar-refractivity contribution in [3.05, 3.63) is 81.9 Å². The maximum atomic E-state index is 13.9. The highest BCUT2D eigenvalue weighted by Crippen LogP contribution is 2.34. The summed E-state index contributed by atoms with van der Waals surface area (Å²) < 4.78 is 43.7. The van der Waals surface area contributed by atoms with E-state index in [1.54, 1.807) is 24.3 Å². The Morgan fingerprint density at radius 1 is 1.18 bits per heavy atom. The van der Waals surface area contributed by atoms with Gasteiger partial charge >= 0.3 is 0 Å². The van der Waals surface area contributed by atoms with E-state index in [1.807, 2.05) is 0 Å². The molecular formula is C19H14BrFN2O3S2. The van der Waals surface area contributed by atoms with Gasteiger partial charge in [0.05, 0.1) is 9.80 Å². The Kier molecular flexibility index (Phi) is 6.17. The minimum Gasteiger partial charge on any atom is -0.282 e. The van der Waals surface area contributed by atoms with Gasteiger partial charge in [0.1, 0.15) is 5.82 Å². The Bertz CT molecular complexity index is 1100. The molecule has 1 aliphatic heterocycles. The molecule has 0 aliphatic carbocycles. The molecule has 1 amide bonds. The van der Waals surface area contributed by atoms with Crippen LogP contribution in [0.15, 0.2) is 79.9 Å². The Morgan fingerprint density at radius 2 is 1.86 bits per heavy atom. The smallest absolute Gasteiger partial charge is 0.282 e. The second-order valence-electron chi connectivity index (χ2n) is 5.64. The highest BCUT2D eigenvalue weighted by atomic mass is 79.9. The third kappa shape index (κ3) is 4.43. The highest BCUT2D eigenvalue weighted by Gasteiger charge is 2.34. The molecule has 0 unspecified atom stereocenters. The normalized spacial score (nSPS) is 17.5. The van der Waals surface area contributed by atoms with Crippen molar-refractivity contribution in [2.45, 2.75) is 4.90 Å². The zero-order valence-corrected chi connectivity index (χ0v) is 17.6. The van der Waals surface area contributed by atoms with Gasteiger partial charge in [0.15, 0.2) is 5.17 Å². The minimum absolute atomic E-state index is 0.00124. The first-order chi connectivity index (χ1) is 13.3. The first kappa shape index (κ1) is 20.5. The van der Waals surface area contributed by atoms with E-state index in [0.717, 1.165) is 16.2 Å². The lowest BCUT2D eigenvalue weighted by Gasteiger charge is -2.12. The molecule has 5 nitrogen and oxygen atoms in total. The van der Waals surface area contributed by atoms with Crippen molar-refractivity contribution in [3.63, 3.8) is 0 Å². The molecule has 28 heavy (non-hydrogen) atoms. The number of thioether (sulfide) groups is 1. The van der Waals surface area contributed by atoms with Crippen LogP contribution in [0.1, 0.15) is 5.56 Å². The van der Waals surface area contributed by atoms with E-state index in [0.29, 0.717) is 0 Å². The van der Waals surface area contributed by atoms with Crippen molar-refractivity contribution in [2.75, 3.05) is 6.54 Å². The van der Waals surface area contributed by atoms with Crippen LogP contribution in [0.5, 0.6) is 0 Å². The highest BCUT2D eigenvalue weighted by molar-refractivity contribution is 9.10. The number of amides is 1. The summed E-state index contributed by atoms with van der Waals surface area (Å²) in [5, 5.41) is -0.00425. The van der Waals surface area contributed by atoms with Gasteiger partial charge in [-0.1, -0.05) is 40.2 Å². The van der Waals surface area contributed by atoms with Gasteiger partial charge in [-0.2, -0.15) is 8.42 Å². The molecule has 2 aromatic carbocycles. The van der Waals surface area contributed by atoms with Gasteiger partial charge in [0.25, 0.3) is 15.9 Å². The first-order valence-corrected chi connectivity index (χ1v) is 11.0. The van der Waals surface area contributed by atoms with E-state index >= 15 is 0 Å². The molecule has 1 fully saturated rings. The Balaban J connectivity index is 2.01. The topological polar surface area (TPSA) is 66.8 Å². The predicted octanol–water partition coefficient (Wildman–Crippen LogP) is 4.44. The average Bonchev–Trinajstić information content (AvgIpc) is 2.92. The van der Waals surface area contributed by atoms with E-state index in [-0.39, 0.29) is 27.1 Å². The molecule has 0 spiro atoms. The van der Waals surface area contributed by atoms with Crippen LogP contribution < -0.4 is 0 Å². The van der Waals surface area contributed by atoms with Gasteiger partial charge in [0, 0.05) is 16.6 Å². The second-order valence-corrected chi connectivity index (χ2v) is 9.17. The number of amidine groups is 1. The van der Waals surface area contributed by atoms with Gasteiger partial charge in [-0.05, 0) is 48.2 Å². The molecule has 0 atom stereocenters.